The van der Waals surface area contributed by atoms with Crippen LogP contribution in [0.5, 0.6) is 23.0 Å². The average Bonchev–Trinajstić information content (AvgIpc) is 2.74. The third-order valence-corrected chi connectivity index (χ3v) is 4.08. The molecule has 0 aliphatic carbocycles. The van der Waals surface area contributed by atoms with Gasteiger partial charge in [-0.25, -0.2) is 0 Å². The summed E-state index contributed by atoms with van der Waals surface area (Å²) in [5.41, 5.74) is 2.01. The zero-order chi connectivity index (χ0) is 20.6. The first-order valence-electron chi connectivity index (χ1n) is 9.02. The van der Waals surface area contributed by atoms with Crippen molar-refractivity contribution in [3.63, 3.8) is 0 Å². The van der Waals surface area contributed by atoms with Crippen LogP contribution in [0.25, 0.3) is 0 Å². The smallest absolute Gasteiger partial charge is 0.255 e. The molecule has 0 saturated carbocycles. The number of carbonyl (C=O) groups is 1. The number of amides is 1. The summed E-state index contributed by atoms with van der Waals surface area (Å²) in [6.07, 6.45) is 4.97. The van der Waals surface area contributed by atoms with Crippen LogP contribution in [-0.4, -0.2) is 24.6 Å². The van der Waals surface area contributed by atoms with Crippen LogP contribution in [-0.2, 0) is 0 Å². The molecule has 1 N–H and O–H groups in total. The van der Waals surface area contributed by atoms with E-state index in [0.29, 0.717) is 40.9 Å². The van der Waals surface area contributed by atoms with Crippen LogP contribution >= 0.6 is 0 Å². The number of methoxy groups -OCH3 is 1. The van der Waals surface area contributed by atoms with Crippen LogP contribution in [0.1, 0.15) is 15.9 Å². The second kappa shape index (κ2) is 9.41. The van der Waals surface area contributed by atoms with Gasteiger partial charge in [-0.3, -0.25) is 9.78 Å². The molecule has 6 heteroatoms. The first-order valence-corrected chi connectivity index (χ1v) is 9.02. The Bertz CT molecular complexity index is 1000. The second-order valence-electron chi connectivity index (χ2n) is 6.19. The fraction of sp³-hybridized carbons (Fsp3) is 0.130. The third kappa shape index (κ3) is 5.13. The number of nitrogens with one attached hydrogen (secondary N) is 1. The lowest BCUT2D eigenvalue weighted by atomic mass is 10.1. The Labute approximate surface area is 169 Å². The predicted octanol–water partition coefficient (Wildman–Crippen LogP) is 5.01. The van der Waals surface area contributed by atoms with E-state index in [1.165, 1.54) is 7.11 Å². The number of carbonyl (C=O) groups excluding carboxylic acids is 1. The van der Waals surface area contributed by atoms with Gasteiger partial charge in [0.15, 0.2) is 11.5 Å². The summed E-state index contributed by atoms with van der Waals surface area (Å²) in [6, 6.07) is 14.1. The second-order valence-corrected chi connectivity index (χ2v) is 6.19. The number of hydrogen-bond donors (Lipinski definition) is 1. The third-order valence-electron chi connectivity index (χ3n) is 4.08. The maximum Gasteiger partial charge on any atom is 0.255 e. The lowest BCUT2D eigenvalue weighted by molar-refractivity contribution is 0.102. The zero-order valence-electron chi connectivity index (χ0n) is 16.3. The van der Waals surface area contributed by atoms with Gasteiger partial charge in [-0.05, 0) is 61.0 Å². The van der Waals surface area contributed by atoms with Crippen LogP contribution in [0.2, 0.25) is 0 Å². The number of aryl methyl sites for hydroxylation is 1. The van der Waals surface area contributed by atoms with E-state index in [1.54, 1.807) is 48.8 Å². The highest BCUT2D eigenvalue weighted by Gasteiger charge is 2.12. The van der Waals surface area contributed by atoms with E-state index < -0.39 is 0 Å². The summed E-state index contributed by atoms with van der Waals surface area (Å²) in [4.78, 5) is 16.7. The number of anilines is 1. The fourth-order valence-electron chi connectivity index (χ4n) is 2.66. The van der Waals surface area contributed by atoms with Crippen molar-refractivity contribution in [2.24, 2.45) is 0 Å². The zero-order valence-corrected chi connectivity index (χ0v) is 16.3. The van der Waals surface area contributed by atoms with Gasteiger partial charge in [0.1, 0.15) is 18.1 Å². The van der Waals surface area contributed by atoms with Crippen LogP contribution in [0.4, 0.5) is 5.69 Å². The van der Waals surface area contributed by atoms with E-state index in [0.717, 1.165) is 5.56 Å². The highest BCUT2D eigenvalue weighted by atomic mass is 16.5. The van der Waals surface area contributed by atoms with Crippen LogP contribution < -0.4 is 19.5 Å². The highest BCUT2D eigenvalue weighted by Crippen LogP contribution is 2.29. The molecule has 0 fully saturated rings. The molecule has 2 aromatic carbocycles. The Balaban J connectivity index is 1.72. The molecule has 29 heavy (non-hydrogen) atoms. The Hall–Kier alpha value is -3.80. The number of nitrogens with zero attached hydrogens (tertiary/aromatic N) is 1. The van der Waals surface area contributed by atoms with Crippen molar-refractivity contribution in [2.45, 2.75) is 6.92 Å². The van der Waals surface area contributed by atoms with Crippen molar-refractivity contribution >= 4 is 11.6 Å². The molecule has 0 radical (unpaired) electrons. The van der Waals surface area contributed by atoms with Gasteiger partial charge >= 0.3 is 0 Å². The van der Waals surface area contributed by atoms with Crippen LogP contribution in [0.3, 0.4) is 0 Å². The first-order chi connectivity index (χ1) is 14.1. The summed E-state index contributed by atoms with van der Waals surface area (Å²) < 4.78 is 16.6. The molecule has 0 atom stereocenters. The van der Waals surface area contributed by atoms with Crippen molar-refractivity contribution < 1.29 is 19.0 Å². The van der Waals surface area contributed by atoms with Gasteiger partial charge in [0.2, 0.25) is 0 Å². The molecule has 0 spiro atoms. The maximum atomic E-state index is 12.6. The molecule has 3 rings (SSSR count). The van der Waals surface area contributed by atoms with E-state index in [4.69, 9.17) is 14.2 Å². The summed E-state index contributed by atoms with van der Waals surface area (Å²) in [6.45, 7) is 5.89. The fourth-order valence-corrected chi connectivity index (χ4v) is 2.66. The SMILES string of the molecule is C=CCOc1ccc(C(=O)Nc2ccc(Oc3cccnc3)c(C)c2)cc1OC. The minimum Gasteiger partial charge on any atom is -0.493 e. The summed E-state index contributed by atoms with van der Waals surface area (Å²) in [7, 11) is 1.53. The number of ether oxygens (including phenoxy) is 3. The molecule has 3 aromatic rings. The standard InChI is InChI=1S/C23H22N2O4/c1-4-12-28-21-9-7-17(14-22(21)27-3)23(26)25-18-8-10-20(16(2)13-18)29-19-6-5-11-24-15-19/h4-11,13-15H,1,12H2,2-3H3,(H,25,26). The Morgan fingerprint density at radius 1 is 1.14 bits per heavy atom. The van der Waals surface area contributed by atoms with E-state index in [1.807, 2.05) is 25.1 Å². The number of benzene rings is 2. The molecule has 0 saturated heterocycles. The number of hydrogen-bond acceptors (Lipinski definition) is 5. The molecular weight excluding hydrogens is 368 g/mol. The quantitative estimate of drug-likeness (QED) is 0.548. The first kappa shape index (κ1) is 19.9. The molecule has 1 aromatic heterocycles. The van der Waals surface area contributed by atoms with Crippen molar-refractivity contribution in [1.82, 2.24) is 4.98 Å². The summed E-state index contributed by atoms with van der Waals surface area (Å²) in [5, 5.41) is 2.88. The molecule has 0 aliphatic rings. The summed E-state index contributed by atoms with van der Waals surface area (Å²) >= 11 is 0. The van der Waals surface area contributed by atoms with Gasteiger partial charge in [0.05, 0.1) is 13.3 Å². The molecule has 1 amide bonds. The van der Waals surface area contributed by atoms with Gasteiger partial charge in [0, 0.05) is 17.4 Å². The lowest BCUT2D eigenvalue weighted by Gasteiger charge is -2.13. The maximum absolute atomic E-state index is 12.6. The van der Waals surface area contributed by atoms with Crippen molar-refractivity contribution in [1.29, 1.82) is 0 Å². The minimum atomic E-state index is -0.251. The average molecular weight is 390 g/mol. The Kier molecular flexibility index (Phi) is 6.47. The number of rotatable bonds is 8. The van der Waals surface area contributed by atoms with E-state index in [9.17, 15) is 4.79 Å². The monoisotopic (exact) mass is 390 g/mol. The number of aromatic nitrogens is 1. The Morgan fingerprint density at radius 3 is 2.66 bits per heavy atom. The van der Waals surface area contributed by atoms with Crippen LogP contribution in [0.15, 0.2) is 73.6 Å². The number of pyridine rings is 1. The van der Waals surface area contributed by atoms with Gasteiger partial charge in [-0.15, -0.1) is 0 Å². The van der Waals surface area contributed by atoms with Crippen molar-refractivity contribution in [2.75, 3.05) is 19.0 Å². The van der Waals surface area contributed by atoms with Gasteiger partial charge in [-0.1, -0.05) is 12.7 Å². The molecule has 1 heterocycles. The van der Waals surface area contributed by atoms with Crippen LogP contribution in [0, 0.1) is 6.92 Å². The highest BCUT2D eigenvalue weighted by molar-refractivity contribution is 6.04. The molecule has 0 unspecified atom stereocenters. The van der Waals surface area contributed by atoms with E-state index >= 15 is 0 Å². The molecule has 0 bridgehead atoms. The lowest BCUT2D eigenvalue weighted by Crippen LogP contribution is -2.12. The molecule has 148 valence electrons. The van der Waals surface area contributed by atoms with Gasteiger partial charge in [0.25, 0.3) is 5.91 Å². The normalized spacial score (nSPS) is 10.1. The molecule has 6 nitrogen and oxygen atoms in total. The predicted molar refractivity (Wildman–Crippen MR) is 112 cm³/mol. The van der Waals surface area contributed by atoms with Crippen molar-refractivity contribution in [3.05, 3.63) is 84.7 Å². The largest absolute Gasteiger partial charge is 0.493 e. The molecule has 0 aliphatic heterocycles. The van der Waals surface area contributed by atoms with Gasteiger partial charge in [-0.2, -0.15) is 0 Å². The molecular formula is C23H22N2O4. The van der Waals surface area contributed by atoms with Gasteiger partial charge < -0.3 is 19.5 Å². The van der Waals surface area contributed by atoms with E-state index in [-0.39, 0.29) is 5.91 Å². The Morgan fingerprint density at radius 2 is 1.97 bits per heavy atom. The topological polar surface area (TPSA) is 69.7 Å². The minimum absolute atomic E-state index is 0.251. The van der Waals surface area contributed by atoms with Crippen molar-refractivity contribution in [3.8, 4) is 23.0 Å². The van der Waals surface area contributed by atoms with E-state index in [2.05, 4.69) is 16.9 Å². The summed E-state index contributed by atoms with van der Waals surface area (Å²) in [5.74, 6) is 2.13.